The van der Waals surface area contributed by atoms with Crippen LogP contribution in [0.3, 0.4) is 0 Å². The Kier molecular flexibility index (Phi) is 4.10. The predicted molar refractivity (Wildman–Crippen MR) is 73.6 cm³/mol. The van der Waals surface area contributed by atoms with Crippen LogP contribution in [0.15, 0.2) is 36.7 Å². The number of carbonyl (C=O) groups is 2. The third-order valence-corrected chi connectivity index (χ3v) is 2.97. The average molecular weight is 293 g/mol. The second-order valence-corrected chi connectivity index (χ2v) is 4.47. The van der Waals surface area contributed by atoms with Crippen LogP contribution in [0.5, 0.6) is 0 Å². The quantitative estimate of drug-likeness (QED) is 0.883. The van der Waals surface area contributed by atoms with E-state index in [1.807, 2.05) is 0 Å². The van der Waals surface area contributed by atoms with Crippen molar-refractivity contribution in [1.29, 1.82) is 0 Å². The van der Waals surface area contributed by atoms with Crippen LogP contribution in [-0.2, 0) is 0 Å². The molecule has 1 amide bonds. The van der Waals surface area contributed by atoms with Crippen molar-refractivity contribution >= 4 is 29.0 Å². The van der Waals surface area contributed by atoms with Gasteiger partial charge in [-0.15, -0.1) is 0 Å². The summed E-state index contributed by atoms with van der Waals surface area (Å²) in [5.74, 6) is -1.55. The molecular weight excluding hydrogens is 283 g/mol. The van der Waals surface area contributed by atoms with Crippen LogP contribution in [-0.4, -0.2) is 16.7 Å². The first kappa shape index (κ1) is 14.1. The molecule has 0 radical (unpaired) electrons. The summed E-state index contributed by atoms with van der Waals surface area (Å²) in [7, 11) is 0. The number of Topliss-reactive ketones (excluding diaryl/α,β-unsaturated/α-hetero) is 1. The van der Waals surface area contributed by atoms with E-state index in [4.69, 9.17) is 11.6 Å². The fourth-order valence-electron chi connectivity index (χ4n) is 1.59. The highest BCUT2D eigenvalue weighted by molar-refractivity contribution is 6.34. The zero-order valence-corrected chi connectivity index (χ0v) is 11.2. The van der Waals surface area contributed by atoms with E-state index < -0.39 is 11.7 Å². The standard InChI is InChI=1S/C14H10ClFN2O2/c1-8(19)9-2-3-11(15)13(6-9)18-14(20)10-4-5-17-7-12(10)16/h2-7H,1H3,(H,18,20). The Labute approximate surface area is 119 Å². The number of carbonyl (C=O) groups excluding carboxylic acids is 2. The molecule has 1 aromatic heterocycles. The Bertz CT molecular complexity index is 689. The van der Waals surface area contributed by atoms with Crippen molar-refractivity contribution in [2.45, 2.75) is 6.92 Å². The van der Waals surface area contributed by atoms with Crippen molar-refractivity contribution in [2.24, 2.45) is 0 Å². The van der Waals surface area contributed by atoms with Crippen LogP contribution in [0.4, 0.5) is 10.1 Å². The van der Waals surface area contributed by atoms with Crippen LogP contribution in [0.1, 0.15) is 27.6 Å². The van der Waals surface area contributed by atoms with Crippen LogP contribution >= 0.6 is 11.6 Å². The Morgan fingerprint density at radius 2 is 2.05 bits per heavy atom. The number of nitrogens with zero attached hydrogens (tertiary/aromatic N) is 1. The van der Waals surface area contributed by atoms with E-state index in [0.29, 0.717) is 5.56 Å². The number of aromatic nitrogens is 1. The smallest absolute Gasteiger partial charge is 0.258 e. The van der Waals surface area contributed by atoms with Crippen molar-refractivity contribution in [3.05, 3.63) is 58.6 Å². The van der Waals surface area contributed by atoms with Gasteiger partial charge in [-0.25, -0.2) is 4.39 Å². The summed E-state index contributed by atoms with van der Waals surface area (Å²) in [4.78, 5) is 26.8. The van der Waals surface area contributed by atoms with E-state index in [-0.39, 0.29) is 22.1 Å². The van der Waals surface area contributed by atoms with Crippen LogP contribution in [0.2, 0.25) is 5.02 Å². The molecule has 1 heterocycles. The van der Waals surface area contributed by atoms with Gasteiger partial charge in [0.1, 0.15) is 0 Å². The number of anilines is 1. The predicted octanol–water partition coefficient (Wildman–Crippen LogP) is 3.33. The van der Waals surface area contributed by atoms with Crippen molar-refractivity contribution in [3.8, 4) is 0 Å². The highest BCUT2D eigenvalue weighted by atomic mass is 35.5. The lowest BCUT2D eigenvalue weighted by Crippen LogP contribution is -2.14. The number of hydrogen-bond acceptors (Lipinski definition) is 3. The van der Waals surface area contributed by atoms with Gasteiger partial charge in [0.25, 0.3) is 5.91 Å². The number of nitrogens with one attached hydrogen (secondary N) is 1. The molecule has 2 aromatic rings. The third kappa shape index (κ3) is 3.00. The zero-order valence-electron chi connectivity index (χ0n) is 10.5. The summed E-state index contributed by atoms with van der Waals surface area (Å²) in [6, 6.07) is 5.75. The number of halogens is 2. The van der Waals surface area contributed by atoms with E-state index >= 15 is 0 Å². The molecule has 0 bridgehead atoms. The maximum Gasteiger partial charge on any atom is 0.258 e. The van der Waals surface area contributed by atoms with E-state index in [2.05, 4.69) is 10.3 Å². The SMILES string of the molecule is CC(=O)c1ccc(Cl)c(NC(=O)c2ccncc2F)c1. The number of amides is 1. The van der Waals surface area contributed by atoms with Crippen LogP contribution in [0.25, 0.3) is 0 Å². The van der Waals surface area contributed by atoms with Crippen LogP contribution in [0, 0.1) is 5.82 Å². The van der Waals surface area contributed by atoms with Gasteiger partial charge in [-0.3, -0.25) is 14.6 Å². The van der Waals surface area contributed by atoms with Crippen molar-refractivity contribution < 1.29 is 14.0 Å². The molecule has 20 heavy (non-hydrogen) atoms. The molecule has 0 aliphatic heterocycles. The van der Waals surface area contributed by atoms with Gasteiger partial charge in [0, 0.05) is 11.8 Å². The fraction of sp³-hybridized carbons (Fsp3) is 0.0714. The number of ketones is 1. The topological polar surface area (TPSA) is 59.1 Å². The van der Waals surface area contributed by atoms with Gasteiger partial charge in [0.15, 0.2) is 11.6 Å². The molecule has 1 N–H and O–H groups in total. The number of pyridine rings is 1. The molecule has 0 saturated carbocycles. The summed E-state index contributed by atoms with van der Waals surface area (Å²) in [5.41, 5.74) is 0.504. The molecule has 102 valence electrons. The maximum atomic E-state index is 13.4. The molecule has 6 heteroatoms. The Morgan fingerprint density at radius 3 is 2.70 bits per heavy atom. The van der Waals surface area contributed by atoms with Crippen molar-refractivity contribution in [3.63, 3.8) is 0 Å². The molecular formula is C14H10ClFN2O2. The normalized spacial score (nSPS) is 10.2. The van der Waals surface area contributed by atoms with E-state index in [9.17, 15) is 14.0 Å². The lowest BCUT2D eigenvalue weighted by Gasteiger charge is -2.09. The van der Waals surface area contributed by atoms with Crippen molar-refractivity contribution in [2.75, 3.05) is 5.32 Å². The van der Waals surface area contributed by atoms with Gasteiger partial charge in [0.2, 0.25) is 0 Å². The first-order valence-electron chi connectivity index (χ1n) is 5.70. The van der Waals surface area contributed by atoms with Crippen LogP contribution < -0.4 is 5.32 Å². The van der Waals surface area contributed by atoms with E-state index in [0.717, 1.165) is 6.20 Å². The largest absolute Gasteiger partial charge is 0.321 e. The van der Waals surface area contributed by atoms with E-state index in [1.165, 1.54) is 31.3 Å². The third-order valence-electron chi connectivity index (χ3n) is 2.64. The summed E-state index contributed by atoms with van der Waals surface area (Å²) >= 11 is 5.94. The van der Waals surface area contributed by atoms with Gasteiger partial charge in [-0.2, -0.15) is 0 Å². The zero-order chi connectivity index (χ0) is 14.7. The van der Waals surface area contributed by atoms with Gasteiger partial charge in [0.05, 0.1) is 22.5 Å². The molecule has 2 rings (SSSR count). The lowest BCUT2D eigenvalue weighted by molar-refractivity contribution is 0.100. The number of benzene rings is 1. The molecule has 0 saturated heterocycles. The van der Waals surface area contributed by atoms with Gasteiger partial charge >= 0.3 is 0 Å². The first-order valence-corrected chi connectivity index (χ1v) is 6.08. The highest BCUT2D eigenvalue weighted by Crippen LogP contribution is 2.24. The highest BCUT2D eigenvalue weighted by Gasteiger charge is 2.14. The van der Waals surface area contributed by atoms with Gasteiger partial charge < -0.3 is 5.32 Å². The van der Waals surface area contributed by atoms with E-state index in [1.54, 1.807) is 6.07 Å². The molecule has 0 atom stereocenters. The molecule has 0 spiro atoms. The molecule has 0 aliphatic carbocycles. The monoisotopic (exact) mass is 292 g/mol. The first-order chi connectivity index (χ1) is 9.49. The van der Waals surface area contributed by atoms with Crippen molar-refractivity contribution in [1.82, 2.24) is 4.98 Å². The molecule has 1 aromatic carbocycles. The van der Waals surface area contributed by atoms with Gasteiger partial charge in [-0.05, 0) is 31.2 Å². The lowest BCUT2D eigenvalue weighted by atomic mass is 10.1. The number of hydrogen-bond donors (Lipinski definition) is 1. The fourth-order valence-corrected chi connectivity index (χ4v) is 1.75. The summed E-state index contributed by atoms with van der Waals surface area (Å²) in [6.07, 6.45) is 2.26. The molecule has 0 aliphatic rings. The average Bonchev–Trinajstić information content (AvgIpc) is 2.41. The minimum Gasteiger partial charge on any atom is -0.321 e. The second kappa shape index (κ2) is 5.79. The summed E-state index contributed by atoms with van der Waals surface area (Å²) in [5, 5.41) is 2.73. The molecule has 0 fully saturated rings. The Hall–Kier alpha value is -2.27. The minimum absolute atomic E-state index is 0.149. The second-order valence-electron chi connectivity index (χ2n) is 4.06. The Morgan fingerprint density at radius 1 is 1.30 bits per heavy atom. The molecule has 0 unspecified atom stereocenters. The maximum absolute atomic E-state index is 13.4. The summed E-state index contributed by atoms with van der Waals surface area (Å²) < 4.78 is 13.4. The summed E-state index contributed by atoms with van der Waals surface area (Å²) in [6.45, 7) is 1.40. The Balaban J connectivity index is 2.30. The molecule has 4 nitrogen and oxygen atoms in total. The number of rotatable bonds is 3. The van der Waals surface area contributed by atoms with Gasteiger partial charge in [-0.1, -0.05) is 11.6 Å². The minimum atomic E-state index is -0.733.